The average Bonchev–Trinajstić information content (AvgIpc) is 2.30. The fourth-order valence-corrected chi connectivity index (χ4v) is 1.79. The second-order valence-corrected chi connectivity index (χ2v) is 3.78. The number of anilines is 1. The molecule has 1 aromatic heterocycles. The van der Waals surface area contributed by atoms with Gasteiger partial charge in [0.25, 0.3) is 5.56 Å². The Hall–Kier alpha value is -2.10. The van der Waals surface area contributed by atoms with Gasteiger partial charge in [-0.2, -0.15) is 0 Å². The summed E-state index contributed by atoms with van der Waals surface area (Å²) in [4.78, 5) is 11.9. The average molecular weight is 232 g/mol. The van der Waals surface area contributed by atoms with Gasteiger partial charge < -0.3 is 5.73 Å². The Morgan fingerprint density at radius 2 is 1.88 bits per heavy atom. The van der Waals surface area contributed by atoms with Gasteiger partial charge in [0.05, 0.1) is 0 Å². The summed E-state index contributed by atoms with van der Waals surface area (Å²) in [6, 6.07) is 8.93. The van der Waals surface area contributed by atoms with Gasteiger partial charge in [-0.3, -0.25) is 9.36 Å². The smallest absolute Gasteiger partial charge is 0.257 e. The predicted molar refractivity (Wildman–Crippen MR) is 65.8 cm³/mol. The number of nitrogens with zero attached hydrogens (tertiary/aromatic N) is 1. The Balaban J connectivity index is 2.66. The van der Waals surface area contributed by atoms with Gasteiger partial charge in [0, 0.05) is 23.1 Å². The number of rotatable bonds is 2. The van der Waals surface area contributed by atoms with Crippen molar-refractivity contribution in [2.45, 2.75) is 13.3 Å². The standard InChI is InChI=1S/C13H13FN2O/c1-2-11-7-10(15)8-13(17)16(11)12-5-3-9(14)4-6-12/h3-8H,2,15H2,1H3. The van der Waals surface area contributed by atoms with Crippen molar-refractivity contribution >= 4 is 5.69 Å². The molecule has 0 aliphatic heterocycles. The van der Waals surface area contributed by atoms with Crippen LogP contribution in [0, 0.1) is 5.82 Å². The molecule has 1 aromatic carbocycles. The molecule has 2 aromatic rings. The highest BCUT2D eigenvalue weighted by Gasteiger charge is 2.06. The monoisotopic (exact) mass is 232 g/mol. The number of hydrogen-bond donors (Lipinski definition) is 1. The topological polar surface area (TPSA) is 48.0 Å². The maximum atomic E-state index is 12.8. The van der Waals surface area contributed by atoms with Crippen LogP contribution in [-0.4, -0.2) is 4.57 Å². The number of halogens is 1. The maximum Gasteiger partial charge on any atom is 0.257 e. The largest absolute Gasteiger partial charge is 0.399 e. The zero-order chi connectivity index (χ0) is 12.4. The zero-order valence-electron chi connectivity index (χ0n) is 9.48. The van der Waals surface area contributed by atoms with Crippen LogP contribution >= 0.6 is 0 Å². The number of nitrogen functional groups attached to an aromatic ring is 1. The van der Waals surface area contributed by atoms with Crippen molar-refractivity contribution in [2.24, 2.45) is 0 Å². The van der Waals surface area contributed by atoms with Gasteiger partial charge in [-0.1, -0.05) is 6.92 Å². The molecule has 0 aliphatic rings. The molecule has 0 atom stereocenters. The van der Waals surface area contributed by atoms with Crippen molar-refractivity contribution in [1.82, 2.24) is 4.57 Å². The molecule has 17 heavy (non-hydrogen) atoms. The summed E-state index contributed by atoms with van der Waals surface area (Å²) in [7, 11) is 0. The first-order valence-electron chi connectivity index (χ1n) is 5.39. The Labute approximate surface area is 98.3 Å². The van der Waals surface area contributed by atoms with Gasteiger partial charge in [0.15, 0.2) is 0 Å². The van der Waals surface area contributed by atoms with E-state index in [9.17, 15) is 9.18 Å². The Morgan fingerprint density at radius 1 is 1.24 bits per heavy atom. The van der Waals surface area contributed by atoms with E-state index in [0.29, 0.717) is 17.8 Å². The lowest BCUT2D eigenvalue weighted by molar-refractivity contribution is 0.627. The lowest BCUT2D eigenvalue weighted by atomic mass is 10.2. The molecule has 2 rings (SSSR count). The second-order valence-electron chi connectivity index (χ2n) is 3.78. The van der Waals surface area contributed by atoms with Gasteiger partial charge in [-0.05, 0) is 36.8 Å². The number of pyridine rings is 1. The minimum Gasteiger partial charge on any atom is -0.399 e. The lowest BCUT2D eigenvalue weighted by Crippen LogP contribution is -2.21. The van der Waals surface area contributed by atoms with E-state index in [4.69, 9.17) is 5.73 Å². The highest BCUT2D eigenvalue weighted by molar-refractivity contribution is 5.43. The molecule has 0 aliphatic carbocycles. The fraction of sp³-hybridized carbons (Fsp3) is 0.154. The maximum absolute atomic E-state index is 12.8. The number of aryl methyl sites for hydroxylation is 1. The minimum absolute atomic E-state index is 0.201. The quantitative estimate of drug-likeness (QED) is 0.862. The summed E-state index contributed by atoms with van der Waals surface area (Å²) >= 11 is 0. The lowest BCUT2D eigenvalue weighted by Gasteiger charge is -2.12. The number of aromatic nitrogens is 1. The van der Waals surface area contributed by atoms with Crippen LogP contribution in [0.5, 0.6) is 0 Å². The molecule has 0 amide bonds. The number of nitrogens with two attached hydrogens (primary N) is 1. The first-order valence-corrected chi connectivity index (χ1v) is 5.39. The molecule has 0 saturated carbocycles. The second kappa shape index (κ2) is 4.41. The summed E-state index contributed by atoms with van der Waals surface area (Å²) < 4.78 is 14.4. The summed E-state index contributed by atoms with van der Waals surface area (Å²) in [5, 5.41) is 0. The van der Waals surface area contributed by atoms with Crippen molar-refractivity contribution in [3.63, 3.8) is 0 Å². The Morgan fingerprint density at radius 3 is 2.47 bits per heavy atom. The first-order chi connectivity index (χ1) is 8.11. The van der Waals surface area contributed by atoms with Crippen molar-refractivity contribution < 1.29 is 4.39 Å². The molecule has 4 heteroatoms. The van der Waals surface area contributed by atoms with Crippen LogP contribution in [0.3, 0.4) is 0 Å². The number of benzene rings is 1. The van der Waals surface area contributed by atoms with E-state index >= 15 is 0 Å². The van der Waals surface area contributed by atoms with Gasteiger partial charge >= 0.3 is 0 Å². The van der Waals surface area contributed by atoms with Crippen molar-refractivity contribution in [3.8, 4) is 5.69 Å². The molecule has 0 bridgehead atoms. The van der Waals surface area contributed by atoms with Gasteiger partial charge in [-0.25, -0.2) is 4.39 Å². The van der Waals surface area contributed by atoms with E-state index < -0.39 is 0 Å². The normalized spacial score (nSPS) is 10.5. The summed E-state index contributed by atoms with van der Waals surface area (Å²) in [5.74, 6) is -0.324. The third-order valence-corrected chi connectivity index (χ3v) is 2.58. The molecule has 88 valence electrons. The van der Waals surface area contributed by atoms with Crippen LogP contribution in [0.4, 0.5) is 10.1 Å². The third kappa shape index (κ3) is 2.20. The van der Waals surface area contributed by atoms with Crippen LogP contribution < -0.4 is 11.3 Å². The molecule has 2 N–H and O–H groups in total. The van der Waals surface area contributed by atoms with Crippen LogP contribution in [0.2, 0.25) is 0 Å². The van der Waals surface area contributed by atoms with E-state index in [2.05, 4.69) is 0 Å². The predicted octanol–water partition coefficient (Wildman–Crippen LogP) is 2.12. The summed E-state index contributed by atoms with van der Waals surface area (Å²) in [6.45, 7) is 1.94. The molecule has 0 spiro atoms. The zero-order valence-corrected chi connectivity index (χ0v) is 9.48. The molecule has 0 saturated heterocycles. The van der Waals surface area contributed by atoms with Crippen LogP contribution in [0.15, 0.2) is 41.2 Å². The van der Waals surface area contributed by atoms with E-state index in [1.54, 1.807) is 18.2 Å². The minimum atomic E-state index is -0.324. The molecular weight excluding hydrogens is 219 g/mol. The Bertz CT molecular complexity index is 587. The summed E-state index contributed by atoms with van der Waals surface area (Å²) in [6.07, 6.45) is 0.678. The van der Waals surface area contributed by atoms with Crippen LogP contribution in [-0.2, 0) is 6.42 Å². The SMILES string of the molecule is CCc1cc(N)cc(=O)n1-c1ccc(F)cc1. The van der Waals surface area contributed by atoms with E-state index in [1.807, 2.05) is 6.92 Å². The summed E-state index contributed by atoms with van der Waals surface area (Å²) in [5.41, 5.74) is 7.34. The van der Waals surface area contributed by atoms with Crippen molar-refractivity contribution in [3.05, 3.63) is 58.3 Å². The molecule has 0 unspecified atom stereocenters. The number of hydrogen-bond acceptors (Lipinski definition) is 2. The molecule has 0 fully saturated rings. The van der Waals surface area contributed by atoms with E-state index in [0.717, 1.165) is 5.69 Å². The molecular formula is C13H13FN2O. The molecule has 3 nitrogen and oxygen atoms in total. The van der Waals surface area contributed by atoms with Crippen molar-refractivity contribution in [2.75, 3.05) is 5.73 Å². The van der Waals surface area contributed by atoms with Gasteiger partial charge in [0.2, 0.25) is 0 Å². The first kappa shape index (κ1) is 11.4. The molecule has 1 heterocycles. The van der Waals surface area contributed by atoms with Crippen LogP contribution in [0.1, 0.15) is 12.6 Å². The fourth-order valence-electron chi connectivity index (χ4n) is 1.79. The van der Waals surface area contributed by atoms with Gasteiger partial charge in [-0.15, -0.1) is 0 Å². The van der Waals surface area contributed by atoms with Gasteiger partial charge in [0.1, 0.15) is 5.82 Å². The van der Waals surface area contributed by atoms with Crippen LogP contribution in [0.25, 0.3) is 5.69 Å². The van der Waals surface area contributed by atoms with Crippen molar-refractivity contribution in [1.29, 1.82) is 0 Å². The molecule has 0 radical (unpaired) electrons. The van der Waals surface area contributed by atoms with E-state index in [-0.39, 0.29) is 11.4 Å². The highest BCUT2D eigenvalue weighted by Crippen LogP contribution is 2.12. The highest BCUT2D eigenvalue weighted by atomic mass is 19.1. The third-order valence-electron chi connectivity index (χ3n) is 2.58. The Kier molecular flexibility index (Phi) is 2.95. The van der Waals surface area contributed by atoms with E-state index in [1.165, 1.54) is 22.8 Å².